The van der Waals surface area contributed by atoms with Gasteiger partial charge in [-0.25, -0.2) is 0 Å². The van der Waals surface area contributed by atoms with Crippen LogP contribution in [0.1, 0.15) is 83.1 Å². The van der Waals surface area contributed by atoms with Crippen molar-refractivity contribution >= 4 is 20.4 Å². The van der Waals surface area contributed by atoms with E-state index in [4.69, 9.17) is 0 Å². The van der Waals surface area contributed by atoms with Crippen molar-refractivity contribution in [3.63, 3.8) is 0 Å². The van der Waals surface area contributed by atoms with Crippen LogP contribution in [-0.2, 0) is 0 Å². The second kappa shape index (κ2) is 10.0. The molecule has 0 heterocycles. The summed E-state index contributed by atoms with van der Waals surface area (Å²) in [5, 5.41) is 24.8. The van der Waals surface area contributed by atoms with E-state index in [-0.39, 0.29) is 22.2 Å². The summed E-state index contributed by atoms with van der Waals surface area (Å²) < 4.78 is 1.91. The highest BCUT2D eigenvalue weighted by Gasteiger charge is 2.16. The summed E-state index contributed by atoms with van der Waals surface area (Å²) >= 11 is -0.960. The predicted molar refractivity (Wildman–Crippen MR) is 117 cm³/mol. The standard InChI is InChI=1S/2C10H20N3.Mg/c2*1-9(2,3)11-7-8-12-13-10(4,5)6;/h2*7,11H,1-6H3;. The molecule has 6 nitrogen and oxygen atoms in total. The number of azo groups is 2. The molecular formula is C20H40MgN6. The molecule has 0 aromatic heterocycles. The van der Waals surface area contributed by atoms with E-state index < -0.39 is 20.4 Å². The Morgan fingerprint density at radius 3 is 1.11 bits per heavy atom. The minimum absolute atomic E-state index is 0.0304. The minimum atomic E-state index is -0.960. The van der Waals surface area contributed by atoms with Gasteiger partial charge in [0.05, 0.1) is 11.1 Å². The second-order valence-corrected chi connectivity index (χ2v) is 12.8. The number of hydrogen-bond acceptors (Lipinski definition) is 6. The van der Waals surface area contributed by atoms with Crippen molar-refractivity contribution in [1.82, 2.24) is 10.6 Å². The molecule has 0 bridgehead atoms. The first-order valence-electron chi connectivity index (χ1n) is 9.66. The quantitative estimate of drug-likeness (QED) is 0.461. The van der Waals surface area contributed by atoms with Crippen LogP contribution in [0.5, 0.6) is 0 Å². The molecule has 0 rings (SSSR count). The Morgan fingerprint density at radius 2 is 0.889 bits per heavy atom. The molecule has 0 aromatic carbocycles. The van der Waals surface area contributed by atoms with Gasteiger partial charge in [0.25, 0.3) is 0 Å². The summed E-state index contributed by atoms with van der Waals surface area (Å²) in [6.45, 7) is 25.0. The fourth-order valence-electron chi connectivity index (χ4n) is 1.44. The maximum absolute atomic E-state index is 4.54. The molecule has 7 heteroatoms. The average molecular weight is 389 g/mol. The summed E-state index contributed by atoms with van der Waals surface area (Å²) in [4.78, 5) is 0. The van der Waals surface area contributed by atoms with Crippen LogP contribution in [0.25, 0.3) is 0 Å². The summed E-state index contributed by atoms with van der Waals surface area (Å²) in [7, 11) is 0. The van der Waals surface area contributed by atoms with Crippen LogP contribution in [0.4, 0.5) is 0 Å². The van der Waals surface area contributed by atoms with Gasteiger partial charge in [0.15, 0.2) is 0 Å². The van der Waals surface area contributed by atoms with Crippen molar-refractivity contribution in [3.05, 3.63) is 20.1 Å². The number of nitrogens with one attached hydrogen (secondary N) is 2. The topological polar surface area (TPSA) is 73.5 Å². The second-order valence-electron chi connectivity index (χ2n) is 11.0. The van der Waals surface area contributed by atoms with E-state index >= 15 is 0 Å². The fraction of sp³-hybridized carbons (Fsp3) is 0.800. The van der Waals surface area contributed by atoms with Gasteiger partial charge in [-0.1, -0.05) is 0 Å². The van der Waals surface area contributed by atoms with Crippen LogP contribution < -0.4 is 10.6 Å². The summed E-state index contributed by atoms with van der Waals surface area (Å²) in [5.74, 6) is 0. The van der Waals surface area contributed by atoms with Crippen LogP contribution in [0, 0.1) is 0 Å². The van der Waals surface area contributed by atoms with Crippen LogP contribution >= 0.6 is 0 Å². The molecule has 0 aliphatic carbocycles. The Hall–Kier alpha value is -0.954. The van der Waals surface area contributed by atoms with Crippen molar-refractivity contribution in [1.29, 1.82) is 0 Å². The summed E-state index contributed by atoms with van der Waals surface area (Å²) in [5.41, 5.74) is -0.486. The average Bonchev–Trinajstić information content (AvgIpc) is 2.40. The fourth-order valence-corrected chi connectivity index (χ4v) is 2.51. The van der Waals surface area contributed by atoms with Gasteiger partial charge in [-0.05, 0) is 103 Å². The zero-order chi connectivity index (χ0) is 21.5. The third-order valence-corrected chi connectivity index (χ3v) is 4.08. The Bertz CT molecular complexity index is 524. The Morgan fingerprint density at radius 1 is 0.593 bits per heavy atom. The maximum atomic E-state index is 4.54. The van der Waals surface area contributed by atoms with Gasteiger partial charge >= 0.3 is 20.4 Å². The lowest BCUT2D eigenvalue weighted by atomic mass is 10.1. The highest BCUT2D eigenvalue weighted by atomic mass is 24.5. The zero-order valence-electron chi connectivity index (χ0n) is 19.7. The van der Waals surface area contributed by atoms with Crippen molar-refractivity contribution in [2.45, 2.75) is 105 Å². The largest absolute Gasteiger partial charge is 0.521 e. The van der Waals surface area contributed by atoms with Crippen molar-refractivity contribution in [3.8, 4) is 0 Å². The van der Waals surface area contributed by atoms with Crippen LogP contribution in [-0.4, -0.2) is 42.5 Å². The molecule has 0 aromatic rings. The SMILES string of the molecule is CC(C)(C)N=N[C](=CNC(C)(C)C)[Mg][C](=CNC(C)(C)C)N=NC(C)(C)C. The molecule has 0 unspecified atom stereocenters. The van der Waals surface area contributed by atoms with E-state index in [2.05, 4.69) is 72.6 Å². The van der Waals surface area contributed by atoms with Crippen molar-refractivity contribution < 1.29 is 0 Å². The third kappa shape index (κ3) is 18.2. The predicted octanol–water partition coefficient (Wildman–Crippen LogP) is 5.57. The molecule has 0 spiro atoms. The van der Waals surface area contributed by atoms with Crippen LogP contribution in [0.2, 0.25) is 0 Å². The molecule has 27 heavy (non-hydrogen) atoms. The minimum Gasteiger partial charge on any atom is -0.387 e. The highest BCUT2D eigenvalue weighted by Crippen LogP contribution is 2.14. The van der Waals surface area contributed by atoms with Gasteiger partial charge in [0.2, 0.25) is 0 Å². The lowest BCUT2D eigenvalue weighted by Crippen LogP contribution is -2.32. The van der Waals surface area contributed by atoms with E-state index in [0.717, 1.165) is 7.65 Å². The molecule has 0 aliphatic heterocycles. The van der Waals surface area contributed by atoms with Crippen LogP contribution in [0.3, 0.4) is 0 Å². The molecule has 0 saturated carbocycles. The van der Waals surface area contributed by atoms with E-state index in [1.54, 1.807) is 0 Å². The van der Waals surface area contributed by atoms with Gasteiger partial charge in [-0.2, -0.15) is 20.5 Å². The first kappa shape index (κ1) is 26.0. The van der Waals surface area contributed by atoms with E-state index in [1.165, 1.54) is 0 Å². The lowest BCUT2D eigenvalue weighted by Gasteiger charge is -2.21. The zero-order valence-corrected chi connectivity index (χ0v) is 21.1. The van der Waals surface area contributed by atoms with Gasteiger partial charge < -0.3 is 10.6 Å². The van der Waals surface area contributed by atoms with Gasteiger partial charge in [0.1, 0.15) is 0 Å². The van der Waals surface area contributed by atoms with Crippen molar-refractivity contribution in [2.75, 3.05) is 0 Å². The lowest BCUT2D eigenvalue weighted by molar-refractivity contribution is 0.489. The van der Waals surface area contributed by atoms with Crippen molar-refractivity contribution in [2.24, 2.45) is 20.5 Å². The van der Waals surface area contributed by atoms with Gasteiger partial charge in [0, 0.05) is 11.1 Å². The summed E-state index contributed by atoms with van der Waals surface area (Å²) in [6, 6.07) is 0. The molecule has 0 atom stereocenters. The Balaban J connectivity index is 5.74. The molecule has 2 N–H and O–H groups in total. The molecule has 0 saturated heterocycles. The smallest absolute Gasteiger partial charge is 0.387 e. The third-order valence-electron chi connectivity index (χ3n) is 2.66. The molecular weight excluding hydrogens is 349 g/mol. The number of rotatable bonds is 6. The van der Waals surface area contributed by atoms with E-state index in [9.17, 15) is 0 Å². The monoisotopic (exact) mass is 388 g/mol. The first-order chi connectivity index (χ1) is 11.9. The first-order valence-corrected chi connectivity index (χ1v) is 11.1. The molecule has 152 valence electrons. The number of hydrogen-bond donors (Lipinski definition) is 2. The summed E-state index contributed by atoms with van der Waals surface area (Å²) in [6.07, 6.45) is 3.97. The Kier molecular flexibility index (Phi) is 9.65. The Labute approximate surface area is 176 Å². The molecule has 0 fully saturated rings. The van der Waals surface area contributed by atoms with Crippen LogP contribution in [0.15, 0.2) is 40.5 Å². The maximum Gasteiger partial charge on any atom is 0.521 e. The van der Waals surface area contributed by atoms with E-state index in [0.29, 0.717) is 0 Å². The number of nitrogens with zero attached hydrogens (tertiary/aromatic N) is 4. The normalized spacial score (nSPS) is 15.4. The van der Waals surface area contributed by atoms with E-state index in [1.807, 2.05) is 53.9 Å². The van der Waals surface area contributed by atoms with Gasteiger partial charge in [-0.15, -0.1) is 0 Å². The van der Waals surface area contributed by atoms with Gasteiger partial charge in [-0.3, -0.25) is 0 Å². The molecule has 0 radical (unpaired) electrons. The highest BCUT2D eigenvalue weighted by molar-refractivity contribution is 6.53. The molecule has 0 aliphatic rings. The molecule has 0 amide bonds.